The quantitative estimate of drug-likeness (QED) is 0.861. The van der Waals surface area contributed by atoms with E-state index in [0.29, 0.717) is 0 Å². The lowest BCUT2D eigenvalue weighted by Gasteiger charge is -2.13. The number of benzene rings is 1. The van der Waals surface area contributed by atoms with E-state index in [1.54, 1.807) is 0 Å². The molecule has 1 N–H and O–H groups in total. The molecule has 0 amide bonds. The van der Waals surface area contributed by atoms with Crippen molar-refractivity contribution in [1.29, 1.82) is 0 Å². The van der Waals surface area contributed by atoms with Crippen LogP contribution in [0.5, 0.6) is 5.75 Å². The molecule has 5 nitrogen and oxygen atoms in total. The predicted molar refractivity (Wildman–Crippen MR) is 57.3 cm³/mol. The highest BCUT2D eigenvalue weighted by atomic mass is 32.2. The fourth-order valence-corrected chi connectivity index (χ4v) is 2.31. The fraction of sp³-hybridized carbons (Fsp3) is 0.300. The summed E-state index contributed by atoms with van der Waals surface area (Å²) in [6.07, 6.45) is 0. The molecule has 0 saturated carbocycles. The molecule has 0 unspecified atom stereocenters. The predicted octanol–water partition coefficient (Wildman–Crippen LogP) is 1.86. The van der Waals surface area contributed by atoms with Gasteiger partial charge >= 0.3 is 11.5 Å². The third kappa shape index (κ3) is 2.80. The van der Waals surface area contributed by atoms with Gasteiger partial charge in [0.2, 0.25) is 0 Å². The van der Waals surface area contributed by atoms with Gasteiger partial charge in [-0.05, 0) is 19.1 Å². The molecule has 0 saturated heterocycles. The molecule has 0 aliphatic heterocycles. The first-order valence-corrected chi connectivity index (χ1v) is 6.41. The van der Waals surface area contributed by atoms with Crippen LogP contribution in [0.4, 0.5) is 13.2 Å². The minimum absolute atomic E-state index is 0.153. The van der Waals surface area contributed by atoms with Crippen LogP contribution >= 0.6 is 0 Å². The molecule has 0 heterocycles. The number of ether oxygens (including phenoxy) is 1. The van der Waals surface area contributed by atoms with Gasteiger partial charge in [-0.15, -0.1) is 0 Å². The van der Waals surface area contributed by atoms with E-state index in [4.69, 9.17) is 0 Å². The standard InChI is InChI=1S/C10H9F3O5S/c1-2-18-9(15)6-4-3-5-7(14)8(6)19(16,17)10(11,12)13/h3-5,14H,2H2,1H3. The van der Waals surface area contributed by atoms with E-state index < -0.39 is 37.5 Å². The van der Waals surface area contributed by atoms with Crippen molar-refractivity contribution < 1.29 is 36.2 Å². The van der Waals surface area contributed by atoms with E-state index in [-0.39, 0.29) is 6.61 Å². The molecule has 0 aliphatic rings. The molecule has 0 atom stereocenters. The molecule has 0 aromatic heterocycles. The van der Waals surface area contributed by atoms with Crippen LogP contribution in [0.15, 0.2) is 23.1 Å². The fourth-order valence-electron chi connectivity index (χ4n) is 1.29. The minimum atomic E-state index is -5.85. The molecule has 1 aromatic rings. The maximum absolute atomic E-state index is 12.5. The Hall–Kier alpha value is -1.77. The summed E-state index contributed by atoms with van der Waals surface area (Å²) in [6.45, 7) is 1.25. The topological polar surface area (TPSA) is 80.7 Å². The first kappa shape index (κ1) is 15.3. The van der Waals surface area contributed by atoms with Crippen LogP contribution in [0.2, 0.25) is 0 Å². The van der Waals surface area contributed by atoms with Crippen molar-refractivity contribution in [2.24, 2.45) is 0 Å². The summed E-state index contributed by atoms with van der Waals surface area (Å²) in [4.78, 5) is 9.93. The van der Waals surface area contributed by atoms with Crippen molar-refractivity contribution in [1.82, 2.24) is 0 Å². The van der Waals surface area contributed by atoms with Crippen LogP contribution < -0.4 is 0 Å². The molecule has 0 fully saturated rings. The van der Waals surface area contributed by atoms with Crippen molar-refractivity contribution in [3.8, 4) is 5.75 Å². The van der Waals surface area contributed by atoms with Gasteiger partial charge in [-0.2, -0.15) is 13.2 Å². The number of carbonyl (C=O) groups excluding carboxylic acids is 1. The number of hydrogen-bond acceptors (Lipinski definition) is 5. The zero-order valence-electron chi connectivity index (χ0n) is 9.56. The second kappa shape index (κ2) is 5.08. The van der Waals surface area contributed by atoms with E-state index in [1.807, 2.05) is 0 Å². The van der Waals surface area contributed by atoms with E-state index >= 15 is 0 Å². The highest BCUT2D eigenvalue weighted by molar-refractivity contribution is 7.92. The molecule has 1 aromatic carbocycles. The van der Waals surface area contributed by atoms with Gasteiger partial charge in [0.25, 0.3) is 9.84 Å². The van der Waals surface area contributed by atoms with Crippen LogP contribution in [0.25, 0.3) is 0 Å². The summed E-state index contributed by atoms with van der Waals surface area (Å²) in [5, 5.41) is 9.32. The SMILES string of the molecule is CCOC(=O)c1cccc(O)c1S(=O)(=O)C(F)(F)F. The number of sulfone groups is 1. The number of phenols is 1. The molecular formula is C10H9F3O5S. The summed E-state index contributed by atoms with van der Waals surface area (Å²) >= 11 is 0. The summed E-state index contributed by atoms with van der Waals surface area (Å²) in [5.74, 6) is -2.43. The van der Waals surface area contributed by atoms with Crippen LogP contribution in [0.3, 0.4) is 0 Å². The highest BCUT2D eigenvalue weighted by Gasteiger charge is 2.50. The van der Waals surface area contributed by atoms with Crippen LogP contribution in [0, 0.1) is 0 Å². The highest BCUT2D eigenvalue weighted by Crippen LogP contribution is 2.37. The maximum atomic E-state index is 12.5. The Labute approximate surface area is 106 Å². The number of esters is 1. The largest absolute Gasteiger partial charge is 0.507 e. The molecular weight excluding hydrogens is 289 g/mol. The molecule has 19 heavy (non-hydrogen) atoms. The molecule has 9 heteroatoms. The van der Waals surface area contributed by atoms with Crippen molar-refractivity contribution in [3.05, 3.63) is 23.8 Å². The monoisotopic (exact) mass is 298 g/mol. The average molecular weight is 298 g/mol. The van der Waals surface area contributed by atoms with Crippen LogP contribution in [0.1, 0.15) is 17.3 Å². The molecule has 0 bridgehead atoms. The smallest absolute Gasteiger partial charge is 0.502 e. The van der Waals surface area contributed by atoms with E-state index in [2.05, 4.69) is 4.74 Å². The number of rotatable bonds is 3. The zero-order chi connectivity index (χ0) is 14.8. The van der Waals surface area contributed by atoms with E-state index in [1.165, 1.54) is 6.92 Å². The third-order valence-electron chi connectivity index (χ3n) is 2.06. The summed E-state index contributed by atoms with van der Waals surface area (Å²) < 4.78 is 64.5. The lowest BCUT2D eigenvalue weighted by molar-refractivity contribution is -0.0437. The van der Waals surface area contributed by atoms with Gasteiger partial charge in [-0.1, -0.05) is 6.07 Å². The Morgan fingerprint density at radius 1 is 1.37 bits per heavy atom. The van der Waals surface area contributed by atoms with Gasteiger partial charge in [0.15, 0.2) is 0 Å². The van der Waals surface area contributed by atoms with Crippen molar-refractivity contribution in [3.63, 3.8) is 0 Å². The van der Waals surface area contributed by atoms with Gasteiger partial charge in [0, 0.05) is 0 Å². The first-order chi connectivity index (χ1) is 8.63. The van der Waals surface area contributed by atoms with E-state index in [9.17, 15) is 31.5 Å². The van der Waals surface area contributed by atoms with Gasteiger partial charge in [-0.3, -0.25) is 0 Å². The lowest BCUT2D eigenvalue weighted by atomic mass is 10.2. The summed E-state index contributed by atoms with van der Waals surface area (Å²) in [6, 6.07) is 2.61. The Balaban J connectivity index is 3.56. The van der Waals surface area contributed by atoms with Crippen molar-refractivity contribution in [2.45, 2.75) is 17.3 Å². The second-order valence-corrected chi connectivity index (χ2v) is 5.20. The number of alkyl halides is 3. The van der Waals surface area contributed by atoms with Gasteiger partial charge in [-0.25, -0.2) is 13.2 Å². The summed E-state index contributed by atoms with van der Waals surface area (Å²) in [7, 11) is -5.85. The Bertz CT molecular complexity index is 592. The summed E-state index contributed by atoms with van der Waals surface area (Å²) in [5.41, 5.74) is -6.49. The number of aromatic hydroxyl groups is 1. The van der Waals surface area contributed by atoms with Gasteiger partial charge < -0.3 is 9.84 Å². The van der Waals surface area contributed by atoms with Crippen LogP contribution in [-0.4, -0.2) is 31.6 Å². The molecule has 0 radical (unpaired) electrons. The Morgan fingerprint density at radius 2 is 1.95 bits per heavy atom. The third-order valence-corrected chi connectivity index (χ3v) is 3.64. The first-order valence-electron chi connectivity index (χ1n) is 4.93. The molecule has 0 aliphatic carbocycles. The van der Waals surface area contributed by atoms with E-state index in [0.717, 1.165) is 18.2 Å². The van der Waals surface area contributed by atoms with Crippen LogP contribution in [-0.2, 0) is 14.6 Å². The average Bonchev–Trinajstić information content (AvgIpc) is 2.27. The number of halogens is 3. The van der Waals surface area contributed by atoms with Gasteiger partial charge in [0.05, 0.1) is 12.2 Å². The molecule has 0 spiro atoms. The zero-order valence-corrected chi connectivity index (χ0v) is 10.4. The number of carbonyl (C=O) groups is 1. The maximum Gasteiger partial charge on any atom is 0.502 e. The second-order valence-electron chi connectivity index (χ2n) is 3.32. The normalized spacial score (nSPS) is 12.2. The molecule has 106 valence electrons. The molecule has 1 rings (SSSR count). The Kier molecular flexibility index (Phi) is 4.09. The van der Waals surface area contributed by atoms with Crippen molar-refractivity contribution in [2.75, 3.05) is 6.61 Å². The Morgan fingerprint density at radius 3 is 2.42 bits per heavy atom. The van der Waals surface area contributed by atoms with Crippen molar-refractivity contribution >= 4 is 15.8 Å². The number of hydrogen-bond donors (Lipinski definition) is 1. The van der Waals surface area contributed by atoms with Gasteiger partial charge in [0.1, 0.15) is 10.6 Å². The lowest BCUT2D eigenvalue weighted by Crippen LogP contribution is -2.25. The number of phenolic OH excluding ortho intramolecular Hbond substituents is 1. The minimum Gasteiger partial charge on any atom is -0.507 e.